The number of rotatable bonds is 3. The third-order valence-corrected chi connectivity index (χ3v) is 2.58. The molecule has 0 radical (unpaired) electrons. The highest BCUT2D eigenvalue weighted by molar-refractivity contribution is 5.19. The van der Waals surface area contributed by atoms with E-state index in [-0.39, 0.29) is 6.10 Å². The smallest absolute Gasteiger partial charge is 0.213 e. The lowest BCUT2D eigenvalue weighted by Crippen LogP contribution is -2.11. The maximum absolute atomic E-state index is 5.58. The van der Waals surface area contributed by atoms with Crippen LogP contribution in [-0.2, 0) is 0 Å². The molecule has 0 saturated carbocycles. The van der Waals surface area contributed by atoms with Gasteiger partial charge in [-0.05, 0) is 32.9 Å². The molecule has 3 heteroatoms. The second-order valence-electron chi connectivity index (χ2n) is 4.26. The number of hydrogen-bond acceptors (Lipinski definition) is 3. The van der Waals surface area contributed by atoms with E-state index in [2.05, 4.69) is 16.4 Å². The summed E-state index contributed by atoms with van der Waals surface area (Å²) in [6.45, 7) is 6.18. The topological polar surface area (TPSA) is 34.1 Å². The van der Waals surface area contributed by atoms with Crippen molar-refractivity contribution in [3.05, 3.63) is 23.9 Å². The van der Waals surface area contributed by atoms with E-state index in [4.69, 9.17) is 4.74 Å². The van der Waals surface area contributed by atoms with E-state index < -0.39 is 0 Å². The molecule has 0 aromatic carbocycles. The highest BCUT2D eigenvalue weighted by Crippen LogP contribution is 2.22. The third kappa shape index (κ3) is 2.69. The number of nitrogens with zero attached hydrogens (tertiary/aromatic N) is 1. The molecular weight excluding hydrogens is 188 g/mol. The Morgan fingerprint density at radius 3 is 3.00 bits per heavy atom. The Labute approximate surface area is 90.9 Å². The van der Waals surface area contributed by atoms with Crippen LogP contribution in [0.2, 0.25) is 0 Å². The predicted octanol–water partition coefficient (Wildman–Crippen LogP) is 1.95. The maximum atomic E-state index is 5.58. The quantitative estimate of drug-likeness (QED) is 0.820. The van der Waals surface area contributed by atoms with Crippen LogP contribution in [0.25, 0.3) is 0 Å². The van der Waals surface area contributed by atoms with Crippen LogP contribution in [-0.4, -0.2) is 24.2 Å². The van der Waals surface area contributed by atoms with Gasteiger partial charge in [-0.15, -0.1) is 0 Å². The molecule has 3 nitrogen and oxygen atoms in total. The van der Waals surface area contributed by atoms with Gasteiger partial charge in [-0.1, -0.05) is 6.07 Å². The standard InChI is InChI=1S/C12H18N2O/c1-9(2)15-12-5-3-4-11(14-12)10-6-7-13-8-10/h3-5,9-10,13H,6-8H2,1-2H3. The molecule has 0 spiro atoms. The Hall–Kier alpha value is -1.09. The van der Waals surface area contributed by atoms with Gasteiger partial charge < -0.3 is 10.1 Å². The van der Waals surface area contributed by atoms with Crippen LogP contribution in [0.3, 0.4) is 0 Å². The van der Waals surface area contributed by atoms with Gasteiger partial charge in [0.1, 0.15) is 0 Å². The Balaban J connectivity index is 2.11. The zero-order chi connectivity index (χ0) is 10.7. The number of hydrogen-bond donors (Lipinski definition) is 1. The summed E-state index contributed by atoms with van der Waals surface area (Å²) in [5, 5.41) is 3.35. The van der Waals surface area contributed by atoms with Gasteiger partial charge in [-0.3, -0.25) is 0 Å². The summed E-state index contributed by atoms with van der Waals surface area (Å²) in [4.78, 5) is 4.53. The lowest BCUT2D eigenvalue weighted by atomic mass is 10.0. The van der Waals surface area contributed by atoms with Gasteiger partial charge in [-0.25, -0.2) is 4.98 Å². The summed E-state index contributed by atoms with van der Waals surface area (Å²) >= 11 is 0. The molecule has 1 aliphatic rings. The molecule has 1 aliphatic heterocycles. The van der Waals surface area contributed by atoms with E-state index in [0.717, 1.165) is 24.7 Å². The van der Waals surface area contributed by atoms with Crippen molar-refractivity contribution in [1.82, 2.24) is 10.3 Å². The van der Waals surface area contributed by atoms with Crippen LogP contribution in [0.4, 0.5) is 0 Å². The molecule has 2 heterocycles. The molecule has 1 aromatic rings. The van der Waals surface area contributed by atoms with Gasteiger partial charge in [0, 0.05) is 24.2 Å². The first-order chi connectivity index (χ1) is 7.25. The van der Waals surface area contributed by atoms with Crippen LogP contribution in [0.5, 0.6) is 5.88 Å². The van der Waals surface area contributed by atoms with E-state index >= 15 is 0 Å². The summed E-state index contributed by atoms with van der Waals surface area (Å²) in [5.74, 6) is 1.30. The normalized spacial score (nSPS) is 20.9. The van der Waals surface area contributed by atoms with Crippen molar-refractivity contribution in [3.63, 3.8) is 0 Å². The largest absolute Gasteiger partial charge is 0.475 e. The fraction of sp³-hybridized carbons (Fsp3) is 0.583. The van der Waals surface area contributed by atoms with Crippen molar-refractivity contribution in [2.45, 2.75) is 32.3 Å². The molecule has 0 bridgehead atoms. The molecule has 82 valence electrons. The summed E-state index contributed by atoms with van der Waals surface area (Å²) in [6.07, 6.45) is 1.37. The Kier molecular flexibility index (Phi) is 3.21. The fourth-order valence-electron chi connectivity index (χ4n) is 1.87. The zero-order valence-corrected chi connectivity index (χ0v) is 9.36. The SMILES string of the molecule is CC(C)Oc1cccc(C2CCNC2)n1. The fourth-order valence-corrected chi connectivity index (χ4v) is 1.87. The number of ether oxygens (including phenoxy) is 1. The lowest BCUT2D eigenvalue weighted by Gasteiger charge is -2.12. The van der Waals surface area contributed by atoms with Crippen LogP contribution in [0.1, 0.15) is 31.9 Å². The second-order valence-corrected chi connectivity index (χ2v) is 4.26. The monoisotopic (exact) mass is 206 g/mol. The number of pyridine rings is 1. The Morgan fingerprint density at radius 1 is 1.47 bits per heavy atom. The zero-order valence-electron chi connectivity index (χ0n) is 9.36. The average Bonchev–Trinajstić information content (AvgIpc) is 2.69. The molecule has 0 aliphatic carbocycles. The van der Waals surface area contributed by atoms with Crippen molar-refractivity contribution in [2.24, 2.45) is 0 Å². The second kappa shape index (κ2) is 4.62. The van der Waals surface area contributed by atoms with Crippen molar-refractivity contribution in [1.29, 1.82) is 0 Å². The van der Waals surface area contributed by atoms with E-state index in [9.17, 15) is 0 Å². The van der Waals surface area contributed by atoms with Crippen molar-refractivity contribution in [3.8, 4) is 5.88 Å². The number of nitrogens with one attached hydrogen (secondary N) is 1. The summed E-state index contributed by atoms with van der Waals surface area (Å²) in [6, 6.07) is 6.04. The van der Waals surface area contributed by atoms with Gasteiger partial charge in [0.15, 0.2) is 0 Å². The highest BCUT2D eigenvalue weighted by Gasteiger charge is 2.18. The lowest BCUT2D eigenvalue weighted by molar-refractivity contribution is 0.232. The molecule has 1 fully saturated rings. The number of aromatic nitrogens is 1. The molecular formula is C12H18N2O. The minimum atomic E-state index is 0.189. The van der Waals surface area contributed by atoms with Gasteiger partial charge in [-0.2, -0.15) is 0 Å². The molecule has 1 unspecified atom stereocenters. The summed E-state index contributed by atoms with van der Waals surface area (Å²) in [5.41, 5.74) is 1.15. The molecule has 1 N–H and O–H groups in total. The average molecular weight is 206 g/mol. The maximum Gasteiger partial charge on any atom is 0.213 e. The first kappa shape index (κ1) is 10.4. The van der Waals surface area contributed by atoms with Crippen LogP contribution < -0.4 is 10.1 Å². The van der Waals surface area contributed by atoms with Crippen molar-refractivity contribution in [2.75, 3.05) is 13.1 Å². The Morgan fingerprint density at radius 2 is 2.33 bits per heavy atom. The molecule has 15 heavy (non-hydrogen) atoms. The molecule has 1 aromatic heterocycles. The van der Waals surface area contributed by atoms with Gasteiger partial charge in [0.2, 0.25) is 5.88 Å². The van der Waals surface area contributed by atoms with Crippen LogP contribution >= 0.6 is 0 Å². The third-order valence-electron chi connectivity index (χ3n) is 2.58. The van der Waals surface area contributed by atoms with Crippen LogP contribution in [0.15, 0.2) is 18.2 Å². The first-order valence-corrected chi connectivity index (χ1v) is 5.60. The minimum Gasteiger partial charge on any atom is -0.475 e. The molecule has 1 atom stereocenters. The molecule has 1 saturated heterocycles. The van der Waals surface area contributed by atoms with E-state index in [1.54, 1.807) is 0 Å². The van der Waals surface area contributed by atoms with Crippen molar-refractivity contribution < 1.29 is 4.74 Å². The highest BCUT2D eigenvalue weighted by atomic mass is 16.5. The Bertz CT molecular complexity index is 319. The van der Waals surface area contributed by atoms with E-state index in [1.165, 1.54) is 6.42 Å². The van der Waals surface area contributed by atoms with Crippen LogP contribution in [0, 0.1) is 0 Å². The predicted molar refractivity (Wildman–Crippen MR) is 60.2 cm³/mol. The summed E-state index contributed by atoms with van der Waals surface area (Å²) < 4.78 is 5.58. The van der Waals surface area contributed by atoms with Gasteiger partial charge in [0.25, 0.3) is 0 Å². The van der Waals surface area contributed by atoms with E-state index in [1.807, 2.05) is 26.0 Å². The first-order valence-electron chi connectivity index (χ1n) is 5.60. The minimum absolute atomic E-state index is 0.189. The van der Waals surface area contributed by atoms with Crippen molar-refractivity contribution >= 4 is 0 Å². The summed E-state index contributed by atoms with van der Waals surface area (Å²) in [7, 11) is 0. The molecule has 2 rings (SSSR count). The van der Waals surface area contributed by atoms with Gasteiger partial charge in [0.05, 0.1) is 6.10 Å². The van der Waals surface area contributed by atoms with Gasteiger partial charge >= 0.3 is 0 Å². The van der Waals surface area contributed by atoms with E-state index in [0.29, 0.717) is 5.92 Å². The molecule has 0 amide bonds.